The van der Waals surface area contributed by atoms with Gasteiger partial charge in [0.05, 0.1) is 16.2 Å². The summed E-state index contributed by atoms with van der Waals surface area (Å²) in [6.07, 6.45) is -0.490. The molecule has 0 aliphatic carbocycles. The number of carbonyl (C=O) groups excluding carboxylic acids is 1. The fourth-order valence-electron chi connectivity index (χ4n) is 2.85. The molecule has 1 aliphatic heterocycles. The standard InChI is InChI=1S/C21H31BClNO4/c1-13(2)16-15(22-27-20(6,7)21(8,9)28-22)11-10-14(17(16)23)12-24-18(25)26-19(3,4)5/h10-11H,1,12H2,2-9H3,(H,24,25). The molecule has 0 unspecified atom stereocenters. The fraction of sp³-hybridized carbons (Fsp3) is 0.571. The summed E-state index contributed by atoms with van der Waals surface area (Å²) in [6, 6.07) is 3.79. The van der Waals surface area contributed by atoms with Crippen LogP contribution in [0, 0.1) is 0 Å². The first-order valence-electron chi connectivity index (χ1n) is 9.44. The summed E-state index contributed by atoms with van der Waals surface area (Å²) in [6.45, 7) is 19.7. The molecule has 0 aromatic heterocycles. The average molecular weight is 408 g/mol. The minimum Gasteiger partial charge on any atom is -0.444 e. The lowest BCUT2D eigenvalue weighted by Crippen LogP contribution is -2.41. The molecule has 0 radical (unpaired) electrons. The lowest BCUT2D eigenvalue weighted by Gasteiger charge is -2.32. The summed E-state index contributed by atoms with van der Waals surface area (Å²) in [5, 5.41) is 3.26. The molecule has 1 aliphatic rings. The number of alkyl carbamates (subject to hydrolysis) is 1. The van der Waals surface area contributed by atoms with Crippen LogP contribution < -0.4 is 10.8 Å². The molecule has 1 aromatic rings. The molecule has 154 valence electrons. The van der Waals surface area contributed by atoms with Crippen LogP contribution in [0.2, 0.25) is 5.02 Å². The quantitative estimate of drug-likeness (QED) is 0.735. The maximum absolute atomic E-state index is 11.9. The lowest BCUT2D eigenvalue weighted by atomic mass is 9.74. The van der Waals surface area contributed by atoms with Crippen molar-refractivity contribution in [2.75, 3.05) is 0 Å². The minimum absolute atomic E-state index is 0.248. The first-order valence-corrected chi connectivity index (χ1v) is 9.82. The molecular weight excluding hydrogens is 376 g/mol. The molecule has 0 saturated carbocycles. The largest absolute Gasteiger partial charge is 0.495 e. The SMILES string of the molecule is C=C(C)c1c(B2OC(C)(C)C(C)(C)O2)ccc(CNC(=O)OC(C)(C)C)c1Cl. The molecule has 0 bridgehead atoms. The van der Waals surface area contributed by atoms with E-state index in [4.69, 9.17) is 25.6 Å². The van der Waals surface area contributed by atoms with E-state index in [2.05, 4.69) is 11.9 Å². The molecule has 1 aromatic carbocycles. The molecule has 1 heterocycles. The van der Waals surface area contributed by atoms with Gasteiger partial charge in [0.2, 0.25) is 0 Å². The van der Waals surface area contributed by atoms with E-state index in [1.54, 1.807) is 0 Å². The highest BCUT2D eigenvalue weighted by Crippen LogP contribution is 2.38. The van der Waals surface area contributed by atoms with Crippen molar-refractivity contribution < 1.29 is 18.8 Å². The van der Waals surface area contributed by atoms with Crippen molar-refractivity contribution in [1.82, 2.24) is 5.32 Å². The lowest BCUT2D eigenvalue weighted by molar-refractivity contribution is 0.00578. The highest BCUT2D eigenvalue weighted by atomic mass is 35.5. The van der Waals surface area contributed by atoms with Crippen LogP contribution in [0.5, 0.6) is 0 Å². The maximum Gasteiger partial charge on any atom is 0.495 e. The van der Waals surface area contributed by atoms with E-state index in [9.17, 15) is 4.79 Å². The number of halogens is 1. The van der Waals surface area contributed by atoms with Gasteiger partial charge < -0.3 is 19.4 Å². The Bertz CT molecular complexity index is 767. The summed E-state index contributed by atoms with van der Waals surface area (Å²) in [4.78, 5) is 11.9. The van der Waals surface area contributed by atoms with Crippen LogP contribution in [0.3, 0.4) is 0 Å². The van der Waals surface area contributed by atoms with Gasteiger partial charge in [-0.3, -0.25) is 0 Å². The Hall–Kier alpha value is -1.50. The zero-order valence-corrected chi connectivity index (χ0v) is 18.9. The van der Waals surface area contributed by atoms with E-state index in [0.717, 1.165) is 22.2 Å². The van der Waals surface area contributed by atoms with Crippen molar-refractivity contribution in [1.29, 1.82) is 0 Å². The van der Waals surface area contributed by atoms with Gasteiger partial charge in [-0.15, -0.1) is 0 Å². The third kappa shape index (κ3) is 4.91. The first kappa shape index (κ1) is 22.8. The number of hydrogen-bond acceptors (Lipinski definition) is 4. The summed E-state index contributed by atoms with van der Waals surface area (Å²) < 4.78 is 17.6. The monoisotopic (exact) mass is 407 g/mol. The minimum atomic E-state index is -0.558. The first-order chi connectivity index (χ1) is 12.6. The number of nitrogens with one attached hydrogen (secondary N) is 1. The summed E-state index contributed by atoms with van der Waals surface area (Å²) in [7, 11) is -0.540. The Morgan fingerprint density at radius 2 is 1.75 bits per heavy atom. The van der Waals surface area contributed by atoms with Crippen molar-refractivity contribution in [3.63, 3.8) is 0 Å². The van der Waals surface area contributed by atoms with Crippen LogP contribution in [0.25, 0.3) is 5.57 Å². The molecule has 1 amide bonds. The van der Waals surface area contributed by atoms with Crippen molar-refractivity contribution >= 4 is 35.8 Å². The molecular formula is C21H31BClNO4. The topological polar surface area (TPSA) is 56.8 Å². The Morgan fingerprint density at radius 1 is 1.21 bits per heavy atom. The highest BCUT2D eigenvalue weighted by Gasteiger charge is 2.52. The Labute approximate surface area is 173 Å². The Morgan fingerprint density at radius 3 is 2.21 bits per heavy atom. The summed E-state index contributed by atoms with van der Waals surface area (Å²) >= 11 is 6.68. The number of rotatable bonds is 4. The molecule has 1 fully saturated rings. The summed E-state index contributed by atoms with van der Waals surface area (Å²) in [5.74, 6) is 0. The van der Waals surface area contributed by atoms with Crippen LogP contribution in [-0.4, -0.2) is 30.0 Å². The number of amides is 1. The maximum atomic E-state index is 11.9. The van der Waals surface area contributed by atoms with Crippen LogP contribution in [0.15, 0.2) is 18.7 Å². The van der Waals surface area contributed by atoms with Gasteiger partial charge >= 0.3 is 13.2 Å². The van der Waals surface area contributed by atoms with E-state index in [1.807, 2.05) is 67.5 Å². The van der Waals surface area contributed by atoms with E-state index >= 15 is 0 Å². The number of allylic oxidation sites excluding steroid dienone is 1. The summed E-state index contributed by atoms with van der Waals surface area (Å²) in [5.41, 5.74) is 1.72. The second-order valence-electron chi connectivity index (χ2n) is 9.23. The second-order valence-corrected chi connectivity index (χ2v) is 9.60. The van der Waals surface area contributed by atoms with Gasteiger partial charge in [-0.2, -0.15) is 0 Å². The fourth-order valence-corrected chi connectivity index (χ4v) is 3.25. The third-order valence-electron chi connectivity index (χ3n) is 5.01. The predicted molar refractivity (Wildman–Crippen MR) is 115 cm³/mol. The Balaban J connectivity index is 2.28. The Kier molecular flexibility index (Phi) is 6.29. The number of ether oxygens (including phenoxy) is 1. The molecule has 1 saturated heterocycles. The number of benzene rings is 1. The van der Waals surface area contributed by atoms with Gasteiger partial charge in [0.1, 0.15) is 5.60 Å². The third-order valence-corrected chi connectivity index (χ3v) is 5.44. The number of hydrogen-bond donors (Lipinski definition) is 1. The molecule has 5 nitrogen and oxygen atoms in total. The molecule has 28 heavy (non-hydrogen) atoms. The molecule has 0 spiro atoms. The van der Waals surface area contributed by atoms with E-state index in [0.29, 0.717) is 5.02 Å². The van der Waals surface area contributed by atoms with Crippen molar-refractivity contribution in [2.24, 2.45) is 0 Å². The van der Waals surface area contributed by atoms with Crippen molar-refractivity contribution in [3.8, 4) is 0 Å². The van der Waals surface area contributed by atoms with Gasteiger partial charge in [-0.05, 0) is 77.6 Å². The highest BCUT2D eigenvalue weighted by molar-refractivity contribution is 6.63. The van der Waals surface area contributed by atoms with Crippen LogP contribution >= 0.6 is 11.6 Å². The van der Waals surface area contributed by atoms with Gasteiger partial charge in [-0.25, -0.2) is 4.79 Å². The second kappa shape index (κ2) is 7.73. The smallest absolute Gasteiger partial charge is 0.444 e. The molecule has 1 N–H and O–H groups in total. The molecule has 7 heteroatoms. The van der Waals surface area contributed by atoms with Crippen LogP contribution in [-0.2, 0) is 20.6 Å². The van der Waals surface area contributed by atoms with Crippen LogP contribution in [0.1, 0.15) is 66.5 Å². The van der Waals surface area contributed by atoms with Gasteiger partial charge in [-0.1, -0.05) is 30.3 Å². The number of carbonyl (C=O) groups is 1. The zero-order valence-electron chi connectivity index (χ0n) is 18.2. The van der Waals surface area contributed by atoms with Crippen molar-refractivity contribution in [3.05, 3.63) is 34.9 Å². The zero-order chi connectivity index (χ0) is 21.5. The van der Waals surface area contributed by atoms with Crippen LogP contribution in [0.4, 0.5) is 4.79 Å². The average Bonchev–Trinajstić information content (AvgIpc) is 2.71. The van der Waals surface area contributed by atoms with E-state index in [-0.39, 0.29) is 6.54 Å². The molecule has 2 rings (SSSR count). The predicted octanol–water partition coefficient (Wildman–Crippen LogP) is 4.70. The normalized spacial score (nSPS) is 18.1. The van der Waals surface area contributed by atoms with Crippen molar-refractivity contribution in [2.45, 2.75) is 78.7 Å². The molecule has 0 atom stereocenters. The van der Waals surface area contributed by atoms with E-state index in [1.165, 1.54) is 0 Å². The van der Waals surface area contributed by atoms with Gasteiger partial charge in [0.25, 0.3) is 0 Å². The van der Waals surface area contributed by atoms with E-state index < -0.39 is 30.0 Å². The van der Waals surface area contributed by atoms with Gasteiger partial charge in [0.15, 0.2) is 0 Å². The van der Waals surface area contributed by atoms with Gasteiger partial charge in [0, 0.05) is 6.54 Å².